The zero-order chi connectivity index (χ0) is 8.97. The monoisotopic (exact) mass is 178 g/mol. The van der Waals surface area contributed by atoms with Crippen molar-refractivity contribution in [2.45, 2.75) is 6.92 Å². The van der Waals surface area contributed by atoms with Gasteiger partial charge in [-0.2, -0.15) is 5.26 Å². The molecule has 0 aliphatic carbocycles. The van der Waals surface area contributed by atoms with Crippen molar-refractivity contribution < 1.29 is 0 Å². The van der Waals surface area contributed by atoms with E-state index in [1.807, 2.05) is 13.0 Å². The summed E-state index contributed by atoms with van der Waals surface area (Å²) in [6, 6.07) is 5.48. The summed E-state index contributed by atoms with van der Waals surface area (Å²) in [5, 5.41) is 8.97. The van der Waals surface area contributed by atoms with Gasteiger partial charge in [-0.25, -0.2) is 0 Å². The number of aromatic nitrogens is 1. The average Bonchev–Trinajstić information content (AvgIpc) is 2.06. The maximum absolute atomic E-state index is 8.37. The molecule has 2 nitrogen and oxygen atoms in total. The molecule has 60 valence electrons. The van der Waals surface area contributed by atoms with E-state index < -0.39 is 0 Å². The van der Waals surface area contributed by atoms with E-state index in [1.165, 1.54) is 6.08 Å². The van der Waals surface area contributed by atoms with Gasteiger partial charge in [0.25, 0.3) is 0 Å². The number of hydrogen-bond donors (Lipinski definition) is 0. The van der Waals surface area contributed by atoms with Crippen LogP contribution in [-0.4, -0.2) is 4.98 Å². The van der Waals surface area contributed by atoms with E-state index in [0.29, 0.717) is 5.02 Å². The molecule has 1 rings (SSSR count). The van der Waals surface area contributed by atoms with Crippen molar-refractivity contribution in [3.05, 3.63) is 35.1 Å². The summed E-state index contributed by atoms with van der Waals surface area (Å²) in [5.74, 6) is 0. The molecule has 0 spiro atoms. The first-order valence-corrected chi connectivity index (χ1v) is 3.80. The second-order valence-corrected chi connectivity index (χ2v) is 2.75. The van der Waals surface area contributed by atoms with Crippen molar-refractivity contribution in [3.63, 3.8) is 0 Å². The van der Waals surface area contributed by atoms with Crippen LogP contribution >= 0.6 is 11.6 Å². The Labute approximate surface area is 76.1 Å². The van der Waals surface area contributed by atoms with Crippen LogP contribution in [-0.2, 0) is 0 Å². The van der Waals surface area contributed by atoms with Crippen molar-refractivity contribution >= 4 is 17.2 Å². The molecule has 3 heteroatoms. The van der Waals surface area contributed by atoms with Gasteiger partial charge in [-0.15, -0.1) is 0 Å². The van der Waals surface area contributed by atoms with Crippen molar-refractivity contribution in [1.29, 1.82) is 5.26 Å². The number of rotatable bonds is 1. The standard InChI is InChI=1S/C9H7ClN2/c1-7(4-5-11)9-3-2-8(10)6-12-9/h2-4,6H,1H3/b7-4+. The van der Waals surface area contributed by atoms with E-state index in [4.69, 9.17) is 16.9 Å². The molecule has 0 atom stereocenters. The molecule has 0 N–H and O–H groups in total. The number of allylic oxidation sites excluding steroid dienone is 2. The minimum absolute atomic E-state index is 0.600. The fraction of sp³-hybridized carbons (Fsp3) is 0.111. The predicted molar refractivity (Wildman–Crippen MR) is 48.5 cm³/mol. The van der Waals surface area contributed by atoms with Gasteiger partial charge in [-0.1, -0.05) is 11.6 Å². The summed E-state index contributed by atoms with van der Waals surface area (Å²) in [5.41, 5.74) is 1.62. The molecule has 1 aromatic heterocycles. The van der Waals surface area contributed by atoms with Crippen LogP contribution in [0.4, 0.5) is 0 Å². The highest BCUT2D eigenvalue weighted by molar-refractivity contribution is 6.30. The number of hydrogen-bond acceptors (Lipinski definition) is 2. The summed E-state index contributed by atoms with van der Waals surface area (Å²) < 4.78 is 0. The van der Waals surface area contributed by atoms with E-state index in [1.54, 1.807) is 18.3 Å². The highest BCUT2D eigenvalue weighted by Crippen LogP contribution is 2.12. The van der Waals surface area contributed by atoms with E-state index in [9.17, 15) is 0 Å². The number of nitrogens with zero attached hydrogens (tertiary/aromatic N) is 2. The Morgan fingerprint density at radius 1 is 1.67 bits per heavy atom. The van der Waals surface area contributed by atoms with Gasteiger partial charge in [0.05, 0.1) is 16.8 Å². The summed E-state index contributed by atoms with van der Waals surface area (Å²) in [4.78, 5) is 4.05. The number of nitriles is 1. The van der Waals surface area contributed by atoms with Gasteiger partial charge in [0.15, 0.2) is 0 Å². The Morgan fingerprint density at radius 2 is 2.42 bits per heavy atom. The molecule has 0 saturated carbocycles. The van der Waals surface area contributed by atoms with Crippen LogP contribution in [0.3, 0.4) is 0 Å². The third-order valence-corrected chi connectivity index (χ3v) is 1.64. The first-order chi connectivity index (χ1) is 5.74. The summed E-state index contributed by atoms with van der Waals surface area (Å²) in [6.07, 6.45) is 3.02. The quantitative estimate of drug-likeness (QED) is 0.620. The van der Waals surface area contributed by atoms with Gasteiger partial charge in [0, 0.05) is 12.3 Å². The molecule has 0 amide bonds. The van der Waals surface area contributed by atoms with Gasteiger partial charge >= 0.3 is 0 Å². The topological polar surface area (TPSA) is 36.7 Å². The van der Waals surface area contributed by atoms with Gasteiger partial charge in [0.1, 0.15) is 0 Å². The third-order valence-electron chi connectivity index (χ3n) is 1.41. The van der Waals surface area contributed by atoms with E-state index >= 15 is 0 Å². The van der Waals surface area contributed by atoms with Crippen molar-refractivity contribution in [3.8, 4) is 6.07 Å². The number of halogens is 1. The molecule has 0 aromatic carbocycles. The Balaban J connectivity index is 2.99. The van der Waals surface area contributed by atoms with Crippen LogP contribution in [0.25, 0.3) is 5.57 Å². The zero-order valence-corrected chi connectivity index (χ0v) is 7.34. The van der Waals surface area contributed by atoms with Crippen molar-refractivity contribution in [1.82, 2.24) is 4.98 Å². The Kier molecular flexibility index (Phi) is 2.84. The Bertz CT molecular complexity index is 333. The molecule has 0 fully saturated rings. The van der Waals surface area contributed by atoms with Crippen molar-refractivity contribution in [2.24, 2.45) is 0 Å². The summed E-state index contributed by atoms with van der Waals surface area (Å²) >= 11 is 5.65. The summed E-state index contributed by atoms with van der Waals surface area (Å²) in [7, 11) is 0. The van der Waals surface area contributed by atoms with E-state index in [2.05, 4.69) is 4.98 Å². The minimum Gasteiger partial charge on any atom is -0.255 e. The van der Waals surface area contributed by atoms with Crippen LogP contribution in [0.15, 0.2) is 24.4 Å². The highest BCUT2D eigenvalue weighted by atomic mass is 35.5. The molecule has 0 saturated heterocycles. The van der Waals surface area contributed by atoms with Crippen LogP contribution in [0.1, 0.15) is 12.6 Å². The fourth-order valence-corrected chi connectivity index (χ4v) is 0.892. The summed E-state index contributed by atoms with van der Waals surface area (Å²) in [6.45, 7) is 1.83. The fourth-order valence-electron chi connectivity index (χ4n) is 0.780. The molecule has 1 aromatic rings. The maximum Gasteiger partial charge on any atom is 0.0915 e. The van der Waals surface area contributed by atoms with Gasteiger partial charge in [-0.3, -0.25) is 4.98 Å². The van der Waals surface area contributed by atoms with Crippen LogP contribution in [0, 0.1) is 11.3 Å². The maximum atomic E-state index is 8.37. The SMILES string of the molecule is C/C(=C\C#N)c1ccc(Cl)cn1. The molecular weight excluding hydrogens is 172 g/mol. The normalized spacial score (nSPS) is 10.9. The Hall–Kier alpha value is -1.33. The van der Waals surface area contributed by atoms with E-state index in [0.717, 1.165) is 11.3 Å². The molecule has 0 aliphatic heterocycles. The molecule has 0 bridgehead atoms. The lowest BCUT2D eigenvalue weighted by Gasteiger charge is -1.97. The minimum atomic E-state index is 0.600. The van der Waals surface area contributed by atoms with Crippen LogP contribution < -0.4 is 0 Å². The molecule has 0 aliphatic rings. The van der Waals surface area contributed by atoms with Gasteiger partial charge < -0.3 is 0 Å². The molecular formula is C9H7ClN2. The average molecular weight is 179 g/mol. The number of pyridine rings is 1. The molecule has 0 radical (unpaired) electrons. The van der Waals surface area contributed by atoms with Gasteiger partial charge in [-0.05, 0) is 24.6 Å². The highest BCUT2D eigenvalue weighted by Gasteiger charge is 1.95. The second-order valence-electron chi connectivity index (χ2n) is 2.32. The van der Waals surface area contributed by atoms with Crippen LogP contribution in [0.2, 0.25) is 5.02 Å². The molecule has 0 unspecified atom stereocenters. The smallest absolute Gasteiger partial charge is 0.0915 e. The molecule has 1 heterocycles. The largest absolute Gasteiger partial charge is 0.255 e. The van der Waals surface area contributed by atoms with Gasteiger partial charge in [0.2, 0.25) is 0 Å². The van der Waals surface area contributed by atoms with Crippen LogP contribution in [0.5, 0.6) is 0 Å². The third kappa shape index (κ3) is 2.08. The van der Waals surface area contributed by atoms with E-state index in [-0.39, 0.29) is 0 Å². The molecule has 12 heavy (non-hydrogen) atoms. The second kappa shape index (κ2) is 3.89. The predicted octanol–water partition coefficient (Wildman–Crippen LogP) is 2.66. The lowest BCUT2D eigenvalue weighted by molar-refractivity contribution is 1.27. The zero-order valence-electron chi connectivity index (χ0n) is 6.58. The lowest BCUT2D eigenvalue weighted by atomic mass is 10.2. The lowest BCUT2D eigenvalue weighted by Crippen LogP contribution is -1.83. The van der Waals surface area contributed by atoms with Crippen molar-refractivity contribution in [2.75, 3.05) is 0 Å². The first kappa shape index (κ1) is 8.76. The first-order valence-electron chi connectivity index (χ1n) is 3.42. The Morgan fingerprint density at radius 3 is 2.92 bits per heavy atom.